The predicted molar refractivity (Wildman–Crippen MR) is 97.4 cm³/mol. The highest BCUT2D eigenvalue weighted by Crippen LogP contribution is 2.26. The van der Waals surface area contributed by atoms with Crippen LogP contribution in [0.25, 0.3) is 0 Å². The van der Waals surface area contributed by atoms with Crippen molar-refractivity contribution in [2.45, 2.75) is 26.8 Å². The summed E-state index contributed by atoms with van der Waals surface area (Å²) in [6.07, 6.45) is -2.59. The van der Waals surface area contributed by atoms with Gasteiger partial charge in [0.25, 0.3) is 12.3 Å². The van der Waals surface area contributed by atoms with Crippen LogP contribution in [0.3, 0.4) is 0 Å². The van der Waals surface area contributed by atoms with Gasteiger partial charge in [0.1, 0.15) is 18.2 Å². The Morgan fingerprint density at radius 3 is 2.63 bits per heavy atom. The Morgan fingerprint density at radius 1 is 1.26 bits per heavy atom. The van der Waals surface area contributed by atoms with Crippen LogP contribution in [0.4, 0.5) is 14.6 Å². The summed E-state index contributed by atoms with van der Waals surface area (Å²) >= 11 is 6.00. The number of amides is 2. The lowest BCUT2D eigenvalue weighted by molar-refractivity contribution is -0.114. The quantitative estimate of drug-likeness (QED) is 0.748. The minimum atomic E-state index is -2.59. The lowest BCUT2D eigenvalue weighted by Crippen LogP contribution is -2.23. The number of carbonyl (C=O) groups is 2. The second-order valence-electron chi connectivity index (χ2n) is 5.71. The number of alkyl halides is 2. The maximum atomic E-state index is 12.3. The number of nitrogens with zero attached hydrogens (tertiary/aromatic N) is 1. The monoisotopic (exact) mass is 397 g/mol. The van der Waals surface area contributed by atoms with E-state index in [0.29, 0.717) is 16.8 Å². The second kappa shape index (κ2) is 9.27. The van der Waals surface area contributed by atoms with Gasteiger partial charge in [-0.05, 0) is 36.8 Å². The third-order valence-electron chi connectivity index (χ3n) is 3.33. The minimum absolute atomic E-state index is 0.150. The fourth-order valence-electron chi connectivity index (χ4n) is 2.25. The molecule has 0 aliphatic rings. The molecule has 0 aliphatic carbocycles. The van der Waals surface area contributed by atoms with Crippen molar-refractivity contribution in [3.05, 3.63) is 52.2 Å². The Balaban J connectivity index is 2.02. The standard InChI is InChI=1S/C18H18ClF2N3O3/c1-10-5-13(7-17(23-10)24-11(2)25)18(26)22-8-12-3-4-15(14(19)6-12)27-9-16(20)21/h3-7,16H,8-9H2,1-2H3,(H,22,26)(H,23,24,25). The minimum Gasteiger partial charge on any atom is -0.486 e. The molecule has 1 aromatic carbocycles. The van der Waals surface area contributed by atoms with Gasteiger partial charge in [-0.3, -0.25) is 9.59 Å². The fourth-order valence-corrected chi connectivity index (χ4v) is 2.51. The third-order valence-corrected chi connectivity index (χ3v) is 3.63. The van der Waals surface area contributed by atoms with E-state index < -0.39 is 13.0 Å². The Kier molecular flexibility index (Phi) is 7.06. The maximum Gasteiger partial charge on any atom is 0.272 e. The zero-order valence-electron chi connectivity index (χ0n) is 14.7. The fraction of sp³-hybridized carbons (Fsp3) is 0.278. The van der Waals surface area contributed by atoms with Gasteiger partial charge in [0.2, 0.25) is 5.91 Å². The summed E-state index contributed by atoms with van der Waals surface area (Å²) in [5.74, 6) is -0.211. The number of hydrogen-bond acceptors (Lipinski definition) is 4. The number of carbonyl (C=O) groups excluding carboxylic acids is 2. The molecule has 2 amide bonds. The van der Waals surface area contributed by atoms with Crippen molar-refractivity contribution < 1.29 is 23.1 Å². The number of ether oxygens (including phenoxy) is 1. The number of anilines is 1. The van der Waals surface area contributed by atoms with E-state index >= 15 is 0 Å². The molecule has 0 unspecified atom stereocenters. The number of pyridine rings is 1. The van der Waals surface area contributed by atoms with Gasteiger partial charge < -0.3 is 15.4 Å². The van der Waals surface area contributed by atoms with Crippen molar-refractivity contribution >= 4 is 29.2 Å². The van der Waals surface area contributed by atoms with E-state index in [2.05, 4.69) is 15.6 Å². The lowest BCUT2D eigenvalue weighted by Gasteiger charge is -2.11. The first-order chi connectivity index (χ1) is 12.7. The Bertz CT molecular complexity index is 847. The van der Waals surface area contributed by atoms with Gasteiger partial charge in [-0.25, -0.2) is 13.8 Å². The molecular formula is C18H18ClF2N3O3. The highest BCUT2D eigenvalue weighted by Gasteiger charge is 2.11. The molecule has 9 heteroatoms. The third kappa shape index (κ3) is 6.49. The molecule has 0 saturated heterocycles. The summed E-state index contributed by atoms with van der Waals surface area (Å²) in [6.45, 7) is 2.49. The Labute approximate surface area is 159 Å². The molecule has 6 nitrogen and oxygen atoms in total. The number of benzene rings is 1. The van der Waals surface area contributed by atoms with Crippen molar-refractivity contribution in [3.63, 3.8) is 0 Å². The number of rotatable bonds is 7. The molecule has 0 radical (unpaired) electrons. The molecular weight excluding hydrogens is 380 g/mol. The van der Waals surface area contributed by atoms with Crippen molar-refractivity contribution in [1.82, 2.24) is 10.3 Å². The zero-order chi connectivity index (χ0) is 20.0. The predicted octanol–water partition coefficient (Wildman–Crippen LogP) is 3.58. The van der Waals surface area contributed by atoms with Crippen molar-refractivity contribution in [2.24, 2.45) is 0 Å². The maximum absolute atomic E-state index is 12.3. The first kappa shape index (κ1) is 20.6. The van der Waals surface area contributed by atoms with E-state index in [4.69, 9.17) is 16.3 Å². The second-order valence-corrected chi connectivity index (χ2v) is 6.12. The van der Waals surface area contributed by atoms with E-state index in [1.54, 1.807) is 19.1 Å². The summed E-state index contributed by atoms with van der Waals surface area (Å²) in [5.41, 5.74) is 1.59. The largest absolute Gasteiger partial charge is 0.486 e. The average Bonchev–Trinajstić information content (AvgIpc) is 2.57. The number of nitrogens with one attached hydrogen (secondary N) is 2. The highest BCUT2D eigenvalue weighted by molar-refractivity contribution is 6.32. The molecule has 0 spiro atoms. The van der Waals surface area contributed by atoms with E-state index in [0.717, 1.165) is 0 Å². The van der Waals surface area contributed by atoms with Crippen molar-refractivity contribution in [2.75, 3.05) is 11.9 Å². The molecule has 27 heavy (non-hydrogen) atoms. The molecule has 0 atom stereocenters. The van der Waals surface area contributed by atoms with Crippen LogP contribution in [-0.4, -0.2) is 29.8 Å². The van der Waals surface area contributed by atoms with Gasteiger partial charge in [-0.1, -0.05) is 17.7 Å². The lowest BCUT2D eigenvalue weighted by atomic mass is 10.2. The molecule has 1 heterocycles. The van der Waals surface area contributed by atoms with Crippen LogP contribution in [0.15, 0.2) is 30.3 Å². The summed E-state index contributed by atoms with van der Waals surface area (Å²) in [6, 6.07) is 7.68. The van der Waals surface area contributed by atoms with Crippen LogP contribution in [0.2, 0.25) is 5.02 Å². The summed E-state index contributed by atoms with van der Waals surface area (Å²) in [7, 11) is 0. The number of aromatic nitrogens is 1. The zero-order valence-corrected chi connectivity index (χ0v) is 15.4. The molecule has 0 aliphatic heterocycles. The number of halogens is 3. The molecule has 1 aromatic heterocycles. The van der Waals surface area contributed by atoms with E-state index in [9.17, 15) is 18.4 Å². The van der Waals surface area contributed by atoms with Crippen LogP contribution >= 0.6 is 11.6 Å². The van der Waals surface area contributed by atoms with Crippen molar-refractivity contribution in [1.29, 1.82) is 0 Å². The van der Waals surface area contributed by atoms with Crippen LogP contribution in [0.1, 0.15) is 28.5 Å². The number of aryl methyl sites for hydroxylation is 1. The molecule has 2 aromatic rings. The first-order valence-corrected chi connectivity index (χ1v) is 8.36. The normalized spacial score (nSPS) is 10.6. The Hall–Kier alpha value is -2.74. The molecule has 144 valence electrons. The molecule has 0 bridgehead atoms. The van der Waals surface area contributed by atoms with Gasteiger partial charge in [0.05, 0.1) is 5.02 Å². The Morgan fingerprint density at radius 2 is 2.00 bits per heavy atom. The van der Waals surface area contributed by atoms with Crippen LogP contribution in [0, 0.1) is 6.92 Å². The van der Waals surface area contributed by atoms with Gasteiger partial charge in [-0.2, -0.15) is 0 Å². The molecule has 2 N–H and O–H groups in total. The smallest absolute Gasteiger partial charge is 0.272 e. The van der Waals surface area contributed by atoms with E-state index in [1.807, 2.05) is 0 Å². The van der Waals surface area contributed by atoms with Crippen LogP contribution in [-0.2, 0) is 11.3 Å². The van der Waals surface area contributed by atoms with Crippen molar-refractivity contribution in [3.8, 4) is 5.75 Å². The van der Waals surface area contributed by atoms with Crippen LogP contribution < -0.4 is 15.4 Å². The summed E-state index contributed by atoms with van der Waals surface area (Å²) in [4.78, 5) is 27.6. The van der Waals surface area contributed by atoms with E-state index in [-0.39, 0.29) is 34.9 Å². The number of hydrogen-bond donors (Lipinski definition) is 2. The van der Waals surface area contributed by atoms with Gasteiger partial charge in [0, 0.05) is 24.7 Å². The van der Waals surface area contributed by atoms with Gasteiger partial charge >= 0.3 is 0 Å². The van der Waals surface area contributed by atoms with Gasteiger partial charge in [-0.15, -0.1) is 0 Å². The average molecular weight is 398 g/mol. The molecule has 0 fully saturated rings. The first-order valence-electron chi connectivity index (χ1n) is 7.98. The van der Waals surface area contributed by atoms with E-state index in [1.165, 1.54) is 25.1 Å². The highest BCUT2D eigenvalue weighted by atomic mass is 35.5. The van der Waals surface area contributed by atoms with Gasteiger partial charge in [0.15, 0.2) is 0 Å². The van der Waals surface area contributed by atoms with Crippen LogP contribution in [0.5, 0.6) is 5.75 Å². The topological polar surface area (TPSA) is 80.3 Å². The molecule has 0 saturated carbocycles. The summed E-state index contributed by atoms with van der Waals surface area (Å²) < 4.78 is 29.3. The molecule has 2 rings (SSSR count). The summed E-state index contributed by atoms with van der Waals surface area (Å²) in [5, 5.41) is 5.43. The SMILES string of the molecule is CC(=O)Nc1cc(C(=O)NCc2ccc(OCC(F)F)c(Cl)c2)cc(C)n1.